The van der Waals surface area contributed by atoms with Crippen molar-refractivity contribution in [2.24, 2.45) is 5.92 Å². The first-order valence-electron chi connectivity index (χ1n) is 7.02. The largest absolute Gasteiger partial charge is 0.341 e. The van der Waals surface area contributed by atoms with Crippen LogP contribution in [0.5, 0.6) is 0 Å². The van der Waals surface area contributed by atoms with Crippen molar-refractivity contribution in [3.63, 3.8) is 0 Å². The Kier molecular flexibility index (Phi) is 3.76. The smallest absolute Gasteiger partial charge is 0.271 e. The first kappa shape index (κ1) is 12.8. The molecule has 1 N–H and O–H groups in total. The van der Waals surface area contributed by atoms with E-state index in [-0.39, 0.29) is 5.56 Å². The van der Waals surface area contributed by atoms with Crippen LogP contribution in [0.25, 0.3) is 0 Å². The van der Waals surface area contributed by atoms with Crippen LogP contribution in [-0.4, -0.2) is 28.3 Å². The standard InChI is InChI=1S/C15H18N4O/c20-14-11-16-18-15(17-14)19-8-6-13(7-9-19)10-12-4-2-1-3-5-12/h1-5,11,13H,6-10H2,(H,17,18,20). The fourth-order valence-electron chi connectivity index (χ4n) is 2.74. The Balaban J connectivity index is 1.58. The van der Waals surface area contributed by atoms with Crippen LogP contribution in [0.4, 0.5) is 5.95 Å². The van der Waals surface area contributed by atoms with Gasteiger partial charge in [-0.15, -0.1) is 10.2 Å². The third-order valence-electron chi connectivity index (χ3n) is 3.84. The molecular weight excluding hydrogens is 252 g/mol. The zero-order chi connectivity index (χ0) is 13.8. The van der Waals surface area contributed by atoms with Crippen LogP contribution in [-0.2, 0) is 6.42 Å². The third kappa shape index (κ3) is 3.04. The minimum Gasteiger partial charge on any atom is -0.341 e. The van der Waals surface area contributed by atoms with Gasteiger partial charge in [-0.2, -0.15) is 0 Å². The van der Waals surface area contributed by atoms with Crippen molar-refractivity contribution in [2.75, 3.05) is 18.0 Å². The van der Waals surface area contributed by atoms with Crippen LogP contribution in [0.15, 0.2) is 41.3 Å². The molecule has 0 spiro atoms. The predicted octanol–water partition coefficient (Wildman–Crippen LogP) is 1.62. The SMILES string of the molecule is O=c1cnnc(N2CCC(Cc3ccccc3)CC2)[nH]1. The molecule has 0 radical (unpaired) electrons. The number of aromatic nitrogens is 3. The highest BCUT2D eigenvalue weighted by Crippen LogP contribution is 2.23. The summed E-state index contributed by atoms with van der Waals surface area (Å²) in [6, 6.07) is 10.6. The second-order valence-electron chi connectivity index (χ2n) is 5.28. The molecule has 1 aliphatic heterocycles. The summed E-state index contributed by atoms with van der Waals surface area (Å²) in [7, 11) is 0. The van der Waals surface area contributed by atoms with Crippen molar-refractivity contribution < 1.29 is 0 Å². The molecule has 0 bridgehead atoms. The number of nitrogens with one attached hydrogen (secondary N) is 1. The van der Waals surface area contributed by atoms with Crippen LogP contribution in [0.3, 0.4) is 0 Å². The van der Waals surface area contributed by atoms with Crippen LogP contribution in [0.1, 0.15) is 18.4 Å². The Bertz CT molecular complexity index is 603. The summed E-state index contributed by atoms with van der Waals surface area (Å²) in [5.41, 5.74) is 1.21. The number of rotatable bonds is 3. The predicted molar refractivity (Wildman–Crippen MR) is 77.7 cm³/mol. The second-order valence-corrected chi connectivity index (χ2v) is 5.28. The molecule has 1 fully saturated rings. The second kappa shape index (κ2) is 5.86. The molecule has 0 saturated carbocycles. The van der Waals surface area contributed by atoms with Crippen LogP contribution < -0.4 is 10.5 Å². The van der Waals surface area contributed by atoms with E-state index < -0.39 is 0 Å². The normalized spacial score (nSPS) is 16.3. The monoisotopic (exact) mass is 270 g/mol. The molecule has 1 aromatic heterocycles. The molecule has 1 aliphatic rings. The van der Waals surface area contributed by atoms with Crippen molar-refractivity contribution >= 4 is 5.95 Å². The van der Waals surface area contributed by atoms with Gasteiger partial charge in [0.15, 0.2) is 0 Å². The van der Waals surface area contributed by atoms with Gasteiger partial charge in [0.05, 0.1) is 0 Å². The molecule has 1 saturated heterocycles. The maximum absolute atomic E-state index is 11.3. The van der Waals surface area contributed by atoms with E-state index in [1.165, 1.54) is 11.8 Å². The number of piperidine rings is 1. The van der Waals surface area contributed by atoms with Gasteiger partial charge in [0.2, 0.25) is 5.95 Å². The minimum absolute atomic E-state index is 0.193. The zero-order valence-corrected chi connectivity index (χ0v) is 11.3. The molecule has 0 atom stereocenters. The zero-order valence-electron chi connectivity index (χ0n) is 11.3. The average Bonchev–Trinajstić information content (AvgIpc) is 2.49. The minimum atomic E-state index is -0.193. The lowest BCUT2D eigenvalue weighted by molar-refractivity contribution is 0.399. The van der Waals surface area contributed by atoms with Crippen LogP contribution in [0, 0.1) is 5.92 Å². The highest BCUT2D eigenvalue weighted by Gasteiger charge is 2.21. The molecule has 5 heteroatoms. The number of aromatic amines is 1. The molecule has 3 rings (SSSR count). The summed E-state index contributed by atoms with van der Waals surface area (Å²) >= 11 is 0. The Morgan fingerprint density at radius 2 is 1.95 bits per heavy atom. The van der Waals surface area contributed by atoms with Crippen LogP contribution >= 0.6 is 0 Å². The van der Waals surface area contributed by atoms with E-state index in [0.717, 1.165) is 32.4 Å². The third-order valence-corrected chi connectivity index (χ3v) is 3.84. The summed E-state index contributed by atoms with van der Waals surface area (Å²) in [5, 5.41) is 7.70. The van der Waals surface area contributed by atoms with Crippen molar-refractivity contribution in [1.29, 1.82) is 0 Å². The first-order chi connectivity index (χ1) is 9.81. The van der Waals surface area contributed by atoms with E-state index in [2.05, 4.69) is 50.4 Å². The van der Waals surface area contributed by atoms with E-state index in [0.29, 0.717) is 11.9 Å². The van der Waals surface area contributed by atoms with Crippen molar-refractivity contribution in [2.45, 2.75) is 19.3 Å². The number of anilines is 1. The number of H-pyrrole nitrogens is 1. The van der Waals surface area contributed by atoms with Gasteiger partial charge >= 0.3 is 0 Å². The van der Waals surface area contributed by atoms with Gasteiger partial charge in [-0.1, -0.05) is 30.3 Å². The summed E-state index contributed by atoms with van der Waals surface area (Å²) in [6.45, 7) is 1.85. The maximum atomic E-state index is 11.3. The van der Waals surface area contributed by atoms with E-state index in [4.69, 9.17) is 0 Å². The summed E-state index contributed by atoms with van der Waals surface area (Å²) < 4.78 is 0. The molecule has 2 heterocycles. The Labute approximate surface area is 117 Å². The highest BCUT2D eigenvalue weighted by atomic mass is 16.1. The van der Waals surface area contributed by atoms with Gasteiger partial charge < -0.3 is 4.90 Å². The number of hydrogen-bond acceptors (Lipinski definition) is 4. The van der Waals surface area contributed by atoms with Gasteiger partial charge in [0.25, 0.3) is 5.56 Å². The molecule has 0 unspecified atom stereocenters. The van der Waals surface area contributed by atoms with E-state index >= 15 is 0 Å². The quantitative estimate of drug-likeness (QED) is 0.920. The van der Waals surface area contributed by atoms with Gasteiger partial charge in [-0.05, 0) is 30.7 Å². The number of nitrogens with zero attached hydrogens (tertiary/aromatic N) is 3. The van der Waals surface area contributed by atoms with Gasteiger partial charge in [0, 0.05) is 13.1 Å². The van der Waals surface area contributed by atoms with Crippen molar-refractivity contribution in [3.8, 4) is 0 Å². The molecule has 0 amide bonds. The lowest BCUT2D eigenvalue weighted by Gasteiger charge is -2.31. The van der Waals surface area contributed by atoms with Crippen molar-refractivity contribution in [1.82, 2.24) is 15.2 Å². The first-order valence-corrected chi connectivity index (χ1v) is 7.02. The summed E-state index contributed by atoms with van der Waals surface area (Å²) in [4.78, 5) is 16.1. The van der Waals surface area contributed by atoms with Crippen molar-refractivity contribution in [3.05, 3.63) is 52.4 Å². The molecule has 0 aliphatic carbocycles. The molecule has 20 heavy (non-hydrogen) atoms. The lowest BCUT2D eigenvalue weighted by Crippen LogP contribution is -2.36. The van der Waals surface area contributed by atoms with Gasteiger partial charge in [-0.3, -0.25) is 9.78 Å². The van der Waals surface area contributed by atoms with E-state index in [9.17, 15) is 4.79 Å². The Morgan fingerprint density at radius 3 is 2.65 bits per heavy atom. The molecule has 104 valence electrons. The summed E-state index contributed by atoms with van der Waals surface area (Å²) in [6.07, 6.45) is 4.57. The fraction of sp³-hybridized carbons (Fsp3) is 0.400. The molecule has 2 aromatic rings. The highest BCUT2D eigenvalue weighted by molar-refractivity contribution is 5.27. The van der Waals surface area contributed by atoms with Gasteiger partial charge in [0.1, 0.15) is 6.20 Å². The van der Waals surface area contributed by atoms with Crippen LogP contribution in [0.2, 0.25) is 0 Å². The Morgan fingerprint density at radius 1 is 1.20 bits per heavy atom. The number of benzene rings is 1. The fourth-order valence-corrected chi connectivity index (χ4v) is 2.74. The molecular formula is C15H18N4O. The maximum Gasteiger partial charge on any atom is 0.271 e. The average molecular weight is 270 g/mol. The topological polar surface area (TPSA) is 61.9 Å². The number of hydrogen-bond donors (Lipinski definition) is 1. The summed E-state index contributed by atoms with van der Waals surface area (Å²) in [5.74, 6) is 1.30. The Hall–Kier alpha value is -2.17. The lowest BCUT2D eigenvalue weighted by atomic mass is 9.90. The molecule has 1 aromatic carbocycles. The van der Waals surface area contributed by atoms with E-state index in [1.54, 1.807) is 0 Å². The molecule has 5 nitrogen and oxygen atoms in total. The van der Waals surface area contributed by atoms with Gasteiger partial charge in [-0.25, -0.2) is 0 Å². The van der Waals surface area contributed by atoms with E-state index in [1.807, 2.05) is 0 Å².